The molecule has 5 heteroatoms. The van der Waals surface area contributed by atoms with Gasteiger partial charge in [-0.3, -0.25) is 4.90 Å². The molecule has 0 unspecified atom stereocenters. The molecule has 1 aromatic carbocycles. The molecule has 3 rings (SSSR count). The van der Waals surface area contributed by atoms with E-state index < -0.39 is 0 Å². The van der Waals surface area contributed by atoms with Crippen molar-refractivity contribution in [1.29, 1.82) is 0 Å². The van der Waals surface area contributed by atoms with E-state index in [0.29, 0.717) is 5.02 Å². The van der Waals surface area contributed by atoms with Crippen molar-refractivity contribution in [3.63, 3.8) is 0 Å². The monoisotopic (exact) mass is 305 g/mol. The van der Waals surface area contributed by atoms with E-state index in [1.54, 1.807) is 6.20 Å². The third-order valence-corrected chi connectivity index (χ3v) is 3.95. The van der Waals surface area contributed by atoms with E-state index in [2.05, 4.69) is 14.8 Å². The molecule has 2 aromatic rings. The third kappa shape index (κ3) is 3.71. The van der Waals surface area contributed by atoms with Gasteiger partial charge in [-0.05, 0) is 29.8 Å². The van der Waals surface area contributed by atoms with Gasteiger partial charge < -0.3 is 4.90 Å². The van der Waals surface area contributed by atoms with E-state index in [9.17, 15) is 4.39 Å². The Labute approximate surface area is 129 Å². The normalized spacial score (nSPS) is 16.2. The zero-order valence-corrected chi connectivity index (χ0v) is 12.4. The number of anilines is 1. The first kappa shape index (κ1) is 14.3. The Hall–Kier alpha value is -1.65. The molecule has 0 saturated carbocycles. The fourth-order valence-corrected chi connectivity index (χ4v) is 2.65. The second-order valence-corrected chi connectivity index (χ2v) is 5.66. The van der Waals surface area contributed by atoms with E-state index in [1.165, 1.54) is 12.1 Å². The summed E-state index contributed by atoms with van der Waals surface area (Å²) in [6, 6.07) is 10.6. The molecule has 3 nitrogen and oxygen atoms in total. The second kappa shape index (κ2) is 6.41. The van der Waals surface area contributed by atoms with Gasteiger partial charge in [0.1, 0.15) is 11.6 Å². The average molecular weight is 306 g/mol. The van der Waals surface area contributed by atoms with Crippen LogP contribution in [0.5, 0.6) is 0 Å². The van der Waals surface area contributed by atoms with Gasteiger partial charge in [0.2, 0.25) is 0 Å². The minimum Gasteiger partial charge on any atom is -0.354 e. The molecule has 0 amide bonds. The summed E-state index contributed by atoms with van der Waals surface area (Å²) in [6.07, 6.45) is 1.68. The lowest BCUT2D eigenvalue weighted by Crippen LogP contribution is -2.46. The van der Waals surface area contributed by atoms with Crippen LogP contribution in [0.3, 0.4) is 0 Å². The molecule has 0 aliphatic carbocycles. The Morgan fingerprint density at radius 3 is 2.33 bits per heavy atom. The van der Waals surface area contributed by atoms with Gasteiger partial charge in [0.25, 0.3) is 0 Å². The lowest BCUT2D eigenvalue weighted by atomic mass is 10.2. The summed E-state index contributed by atoms with van der Waals surface area (Å²) in [6.45, 7) is 4.69. The first-order chi connectivity index (χ1) is 10.2. The molecule has 21 heavy (non-hydrogen) atoms. The summed E-state index contributed by atoms with van der Waals surface area (Å²) in [5.74, 6) is 0.790. The number of hydrogen-bond donors (Lipinski definition) is 0. The minimum atomic E-state index is -0.183. The zero-order chi connectivity index (χ0) is 14.7. The van der Waals surface area contributed by atoms with Crippen molar-refractivity contribution in [2.75, 3.05) is 31.1 Å². The molecular formula is C16H17ClFN3. The molecular weight excluding hydrogens is 289 g/mol. The number of benzene rings is 1. The summed E-state index contributed by atoms with van der Waals surface area (Å²) in [5, 5.41) is 0.661. The number of rotatable bonds is 3. The molecule has 0 bridgehead atoms. The van der Waals surface area contributed by atoms with E-state index in [0.717, 1.165) is 44.1 Å². The van der Waals surface area contributed by atoms with Gasteiger partial charge >= 0.3 is 0 Å². The summed E-state index contributed by atoms with van der Waals surface area (Å²) < 4.78 is 12.9. The second-order valence-electron chi connectivity index (χ2n) is 5.22. The quantitative estimate of drug-likeness (QED) is 0.868. The van der Waals surface area contributed by atoms with Gasteiger partial charge in [-0.2, -0.15) is 0 Å². The van der Waals surface area contributed by atoms with E-state index in [-0.39, 0.29) is 5.82 Å². The smallest absolute Gasteiger partial charge is 0.128 e. The standard InChI is InChI=1S/C16H17ClFN3/c17-14-3-6-16(19-11-14)21-9-7-20(8-10-21)12-13-1-4-15(18)5-2-13/h1-6,11H,7-10,12H2. The molecule has 1 aliphatic heterocycles. The maximum Gasteiger partial charge on any atom is 0.128 e. The lowest BCUT2D eigenvalue weighted by Gasteiger charge is -2.35. The topological polar surface area (TPSA) is 19.4 Å². The van der Waals surface area contributed by atoms with Crippen molar-refractivity contribution in [3.8, 4) is 0 Å². The largest absolute Gasteiger partial charge is 0.354 e. The molecule has 1 saturated heterocycles. The number of piperazine rings is 1. The predicted octanol–water partition coefficient (Wildman–Crippen LogP) is 3.20. The Bertz CT molecular complexity index is 577. The van der Waals surface area contributed by atoms with Crippen LogP contribution in [-0.2, 0) is 6.54 Å². The van der Waals surface area contributed by atoms with Gasteiger partial charge in [-0.15, -0.1) is 0 Å². The minimum absolute atomic E-state index is 0.183. The van der Waals surface area contributed by atoms with Crippen LogP contribution in [0.4, 0.5) is 10.2 Å². The van der Waals surface area contributed by atoms with Gasteiger partial charge in [-0.25, -0.2) is 9.37 Å². The maximum atomic E-state index is 12.9. The van der Waals surface area contributed by atoms with Crippen molar-refractivity contribution >= 4 is 17.4 Å². The average Bonchev–Trinajstić information content (AvgIpc) is 2.51. The highest BCUT2D eigenvalue weighted by Gasteiger charge is 2.17. The van der Waals surface area contributed by atoms with Crippen LogP contribution in [0.2, 0.25) is 5.02 Å². The fourth-order valence-electron chi connectivity index (χ4n) is 2.54. The third-order valence-electron chi connectivity index (χ3n) is 3.73. The molecule has 0 atom stereocenters. The summed E-state index contributed by atoms with van der Waals surface area (Å²) in [5.41, 5.74) is 1.15. The van der Waals surface area contributed by atoms with Crippen LogP contribution in [0.1, 0.15) is 5.56 Å². The Kier molecular flexibility index (Phi) is 4.36. The molecule has 1 fully saturated rings. The van der Waals surface area contributed by atoms with E-state index in [4.69, 9.17) is 11.6 Å². The Balaban J connectivity index is 1.55. The number of hydrogen-bond acceptors (Lipinski definition) is 3. The lowest BCUT2D eigenvalue weighted by molar-refractivity contribution is 0.249. The van der Waals surface area contributed by atoms with Crippen molar-refractivity contribution in [2.24, 2.45) is 0 Å². The van der Waals surface area contributed by atoms with Crippen LogP contribution >= 0.6 is 11.6 Å². The highest BCUT2D eigenvalue weighted by atomic mass is 35.5. The molecule has 2 heterocycles. The maximum absolute atomic E-state index is 12.9. The number of aromatic nitrogens is 1. The Morgan fingerprint density at radius 2 is 1.71 bits per heavy atom. The van der Waals surface area contributed by atoms with Crippen LogP contribution in [0.15, 0.2) is 42.6 Å². The van der Waals surface area contributed by atoms with Gasteiger partial charge in [0.15, 0.2) is 0 Å². The molecule has 0 spiro atoms. The molecule has 110 valence electrons. The molecule has 1 aliphatic rings. The number of nitrogens with zero attached hydrogens (tertiary/aromatic N) is 3. The van der Waals surface area contributed by atoms with Crippen molar-refractivity contribution in [1.82, 2.24) is 9.88 Å². The molecule has 1 aromatic heterocycles. The molecule has 0 N–H and O–H groups in total. The summed E-state index contributed by atoms with van der Waals surface area (Å²) in [7, 11) is 0. The van der Waals surface area contributed by atoms with Crippen LogP contribution in [0.25, 0.3) is 0 Å². The van der Waals surface area contributed by atoms with E-state index in [1.807, 2.05) is 24.3 Å². The van der Waals surface area contributed by atoms with Crippen molar-refractivity contribution in [3.05, 3.63) is 59.0 Å². The van der Waals surface area contributed by atoms with Gasteiger partial charge in [0, 0.05) is 38.9 Å². The SMILES string of the molecule is Fc1ccc(CN2CCN(c3ccc(Cl)cn3)CC2)cc1. The fraction of sp³-hybridized carbons (Fsp3) is 0.312. The first-order valence-electron chi connectivity index (χ1n) is 7.04. The number of pyridine rings is 1. The van der Waals surface area contributed by atoms with Gasteiger partial charge in [0.05, 0.1) is 5.02 Å². The number of halogens is 2. The zero-order valence-electron chi connectivity index (χ0n) is 11.7. The van der Waals surface area contributed by atoms with Crippen LogP contribution in [-0.4, -0.2) is 36.1 Å². The van der Waals surface area contributed by atoms with Crippen molar-refractivity contribution in [2.45, 2.75) is 6.54 Å². The van der Waals surface area contributed by atoms with Crippen molar-refractivity contribution < 1.29 is 4.39 Å². The summed E-state index contributed by atoms with van der Waals surface area (Å²) >= 11 is 5.86. The van der Waals surface area contributed by atoms with E-state index >= 15 is 0 Å². The summed E-state index contributed by atoms with van der Waals surface area (Å²) in [4.78, 5) is 8.99. The Morgan fingerprint density at radius 1 is 1.00 bits per heavy atom. The highest BCUT2D eigenvalue weighted by Crippen LogP contribution is 2.17. The predicted molar refractivity (Wildman–Crippen MR) is 83.1 cm³/mol. The van der Waals surface area contributed by atoms with Crippen LogP contribution < -0.4 is 4.90 Å². The first-order valence-corrected chi connectivity index (χ1v) is 7.42. The molecule has 0 radical (unpaired) electrons. The van der Waals surface area contributed by atoms with Gasteiger partial charge in [-0.1, -0.05) is 23.7 Å². The van der Waals surface area contributed by atoms with Crippen LogP contribution in [0, 0.1) is 5.82 Å². The highest BCUT2D eigenvalue weighted by molar-refractivity contribution is 6.30.